The first-order valence-corrected chi connectivity index (χ1v) is 11.5. The van der Waals surface area contributed by atoms with Gasteiger partial charge in [-0.05, 0) is 39.7 Å². The molecular weight excluding hydrogens is 388 g/mol. The topological polar surface area (TPSA) is 57.6 Å². The van der Waals surface area contributed by atoms with Crippen LogP contribution in [0.3, 0.4) is 0 Å². The van der Waals surface area contributed by atoms with Crippen molar-refractivity contribution in [3.05, 3.63) is 24.3 Å². The van der Waals surface area contributed by atoms with Gasteiger partial charge >= 0.3 is 0 Å². The van der Waals surface area contributed by atoms with Gasteiger partial charge in [0.2, 0.25) is 0 Å². The quantitative estimate of drug-likeness (QED) is 0.686. The van der Waals surface area contributed by atoms with E-state index in [0.29, 0.717) is 12.6 Å². The molecule has 2 aromatic rings. The highest BCUT2D eigenvalue weighted by Gasteiger charge is 2.22. The van der Waals surface area contributed by atoms with Gasteiger partial charge < -0.3 is 9.64 Å². The molecule has 4 heterocycles. The summed E-state index contributed by atoms with van der Waals surface area (Å²) < 4.78 is 6.05. The lowest BCUT2D eigenvalue weighted by molar-refractivity contribution is 0.0593. The zero-order valence-corrected chi connectivity index (χ0v) is 19.0. The molecule has 2 aliphatic rings. The number of pyridine rings is 1. The summed E-state index contributed by atoms with van der Waals surface area (Å²) in [5, 5.41) is 1.07. The van der Waals surface area contributed by atoms with E-state index in [-0.39, 0.29) is 6.10 Å². The van der Waals surface area contributed by atoms with Crippen molar-refractivity contribution in [1.82, 2.24) is 24.8 Å². The molecule has 0 radical (unpaired) electrons. The predicted octanol–water partition coefficient (Wildman–Crippen LogP) is 2.35. The molecule has 0 amide bonds. The third kappa shape index (κ3) is 5.70. The lowest BCUT2D eigenvalue weighted by atomic mass is 10.1. The number of aromatic nitrogens is 3. The Bertz CT molecular complexity index is 921. The van der Waals surface area contributed by atoms with Crippen LogP contribution in [-0.4, -0.2) is 89.3 Å². The summed E-state index contributed by atoms with van der Waals surface area (Å²) in [6, 6.07) is 2.65. The predicted molar refractivity (Wildman–Crippen MR) is 124 cm³/mol. The van der Waals surface area contributed by atoms with E-state index in [0.717, 1.165) is 81.2 Å². The minimum absolute atomic E-state index is 0.274. The Morgan fingerprint density at radius 1 is 1.06 bits per heavy atom. The lowest BCUT2D eigenvalue weighted by Gasteiger charge is -2.36. The third-order valence-corrected chi connectivity index (χ3v) is 6.29. The van der Waals surface area contributed by atoms with Gasteiger partial charge in [-0.1, -0.05) is 11.8 Å². The Morgan fingerprint density at radius 3 is 2.58 bits per heavy atom. The molecule has 0 saturated carbocycles. The standard InChI is InChI=1S/C24H34N6O/c1-19(2)29-15-13-28(14-16-29)10-4-5-17-31-21-7-11-30(12-8-21)24-22-6-9-25-18-23(22)26-20(3)27-24/h6,9,18-19,21H,7-8,10-17H2,1-3H3. The molecule has 7 heteroatoms. The molecule has 0 spiro atoms. The van der Waals surface area contributed by atoms with Crippen molar-refractivity contribution in [3.63, 3.8) is 0 Å². The second-order valence-electron chi connectivity index (χ2n) is 8.74. The van der Waals surface area contributed by atoms with Crippen molar-refractivity contribution < 1.29 is 4.74 Å². The Morgan fingerprint density at radius 2 is 1.84 bits per heavy atom. The number of ether oxygens (including phenoxy) is 1. The van der Waals surface area contributed by atoms with Crippen LogP contribution < -0.4 is 4.90 Å². The molecule has 0 atom stereocenters. The van der Waals surface area contributed by atoms with Crippen LogP contribution in [0.1, 0.15) is 32.5 Å². The van der Waals surface area contributed by atoms with Crippen LogP contribution in [0.5, 0.6) is 0 Å². The van der Waals surface area contributed by atoms with Gasteiger partial charge in [0.25, 0.3) is 0 Å². The van der Waals surface area contributed by atoms with Crippen LogP contribution in [0, 0.1) is 18.8 Å². The van der Waals surface area contributed by atoms with Crippen molar-refractivity contribution in [2.45, 2.75) is 45.8 Å². The number of hydrogen-bond donors (Lipinski definition) is 0. The van der Waals surface area contributed by atoms with Gasteiger partial charge in [-0.15, -0.1) is 0 Å². The summed E-state index contributed by atoms with van der Waals surface area (Å²) in [6.45, 7) is 14.2. The zero-order chi connectivity index (χ0) is 21.6. The van der Waals surface area contributed by atoms with E-state index in [4.69, 9.17) is 9.72 Å². The van der Waals surface area contributed by atoms with Gasteiger partial charge in [-0.2, -0.15) is 0 Å². The Kier molecular flexibility index (Phi) is 7.33. The molecule has 0 aliphatic carbocycles. The maximum absolute atomic E-state index is 6.05. The molecule has 2 aliphatic heterocycles. The van der Waals surface area contributed by atoms with E-state index in [1.54, 1.807) is 0 Å². The molecule has 0 bridgehead atoms. The SMILES string of the molecule is Cc1nc(N2CCC(OCC#CCN3CCN(C(C)C)CC3)CC2)c2ccncc2n1. The highest BCUT2D eigenvalue weighted by molar-refractivity contribution is 5.88. The number of piperidine rings is 1. The molecule has 0 N–H and O–H groups in total. The number of hydrogen-bond acceptors (Lipinski definition) is 7. The smallest absolute Gasteiger partial charge is 0.140 e. The fourth-order valence-electron chi connectivity index (χ4n) is 4.37. The Labute approximate surface area is 185 Å². The maximum Gasteiger partial charge on any atom is 0.140 e. The second-order valence-corrected chi connectivity index (χ2v) is 8.74. The van der Waals surface area contributed by atoms with Gasteiger partial charge in [0.05, 0.1) is 24.4 Å². The van der Waals surface area contributed by atoms with Gasteiger partial charge in [-0.25, -0.2) is 9.97 Å². The average molecular weight is 423 g/mol. The number of aryl methyl sites for hydroxylation is 1. The van der Waals surface area contributed by atoms with Crippen molar-refractivity contribution in [2.75, 3.05) is 57.3 Å². The lowest BCUT2D eigenvalue weighted by Crippen LogP contribution is -2.48. The highest BCUT2D eigenvalue weighted by atomic mass is 16.5. The maximum atomic E-state index is 6.05. The summed E-state index contributed by atoms with van der Waals surface area (Å²) >= 11 is 0. The number of anilines is 1. The van der Waals surface area contributed by atoms with Crippen LogP contribution in [0.25, 0.3) is 10.9 Å². The summed E-state index contributed by atoms with van der Waals surface area (Å²) in [5.41, 5.74) is 0.907. The summed E-state index contributed by atoms with van der Waals surface area (Å²) in [4.78, 5) is 20.7. The zero-order valence-electron chi connectivity index (χ0n) is 19.0. The van der Waals surface area contributed by atoms with Crippen LogP contribution in [0.15, 0.2) is 18.5 Å². The monoisotopic (exact) mass is 422 g/mol. The second kappa shape index (κ2) is 10.4. The first kappa shape index (κ1) is 21.9. The molecule has 31 heavy (non-hydrogen) atoms. The summed E-state index contributed by atoms with van der Waals surface area (Å²) in [6.07, 6.45) is 5.88. The molecule has 4 rings (SSSR count). The summed E-state index contributed by atoms with van der Waals surface area (Å²) in [7, 11) is 0. The molecule has 2 fully saturated rings. The first-order chi connectivity index (χ1) is 15.1. The molecule has 2 saturated heterocycles. The van der Waals surface area contributed by atoms with Gasteiger partial charge in [0.1, 0.15) is 18.2 Å². The van der Waals surface area contributed by atoms with Crippen molar-refractivity contribution in [3.8, 4) is 11.8 Å². The van der Waals surface area contributed by atoms with E-state index >= 15 is 0 Å². The fourth-order valence-corrected chi connectivity index (χ4v) is 4.37. The van der Waals surface area contributed by atoms with E-state index in [9.17, 15) is 0 Å². The normalized spacial score (nSPS) is 19.0. The summed E-state index contributed by atoms with van der Waals surface area (Å²) in [5.74, 6) is 8.32. The fraction of sp³-hybridized carbons (Fsp3) is 0.625. The van der Waals surface area contributed by atoms with E-state index in [1.807, 2.05) is 25.4 Å². The Balaban J connectivity index is 1.20. The van der Waals surface area contributed by atoms with Crippen LogP contribution >= 0.6 is 0 Å². The Hall–Kier alpha value is -2.27. The number of nitrogens with zero attached hydrogens (tertiary/aromatic N) is 6. The van der Waals surface area contributed by atoms with Gasteiger partial charge in [-0.3, -0.25) is 14.8 Å². The molecule has 0 unspecified atom stereocenters. The van der Waals surface area contributed by atoms with Crippen molar-refractivity contribution in [1.29, 1.82) is 0 Å². The van der Waals surface area contributed by atoms with E-state index in [2.05, 4.69) is 50.4 Å². The largest absolute Gasteiger partial charge is 0.365 e. The molecule has 2 aromatic heterocycles. The van der Waals surface area contributed by atoms with E-state index < -0.39 is 0 Å². The molecular formula is C24H34N6O. The molecule has 0 aromatic carbocycles. The number of rotatable bonds is 5. The van der Waals surface area contributed by atoms with Crippen LogP contribution in [-0.2, 0) is 4.74 Å². The number of fused-ring (bicyclic) bond motifs is 1. The molecule has 7 nitrogen and oxygen atoms in total. The third-order valence-electron chi connectivity index (χ3n) is 6.29. The van der Waals surface area contributed by atoms with E-state index in [1.165, 1.54) is 0 Å². The minimum atomic E-state index is 0.274. The number of piperazine rings is 1. The first-order valence-electron chi connectivity index (χ1n) is 11.5. The van der Waals surface area contributed by atoms with Crippen molar-refractivity contribution in [2.24, 2.45) is 0 Å². The van der Waals surface area contributed by atoms with Crippen molar-refractivity contribution >= 4 is 16.7 Å². The minimum Gasteiger partial charge on any atom is -0.365 e. The average Bonchev–Trinajstić information content (AvgIpc) is 2.79. The molecule has 166 valence electrons. The van der Waals surface area contributed by atoms with Gasteiger partial charge in [0.15, 0.2) is 0 Å². The van der Waals surface area contributed by atoms with Crippen LogP contribution in [0.4, 0.5) is 5.82 Å². The van der Waals surface area contributed by atoms with Crippen LogP contribution in [0.2, 0.25) is 0 Å². The van der Waals surface area contributed by atoms with Gasteiger partial charge in [0, 0.05) is 56.9 Å². The highest BCUT2D eigenvalue weighted by Crippen LogP contribution is 2.26.